The van der Waals surface area contributed by atoms with Gasteiger partial charge in [0.25, 0.3) is 0 Å². The summed E-state index contributed by atoms with van der Waals surface area (Å²) >= 11 is 0. The van der Waals surface area contributed by atoms with Gasteiger partial charge in [-0.3, -0.25) is 9.97 Å². The van der Waals surface area contributed by atoms with Crippen LogP contribution < -0.4 is 10.6 Å². The normalized spacial score (nSPS) is 11.0. The van der Waals surface area contributed by atoms with Crippen molar-refractivity contribution in [2.75, 3.05) is 17.7 Å². The third-order valence-corrected chi connectivity index (χ3v) is 6.48. The van der Waals surface area contributed by atoms with Crippen LogP contribution in [0.25, 0.3) is 33.4 Å². The number of aromatic nitrogens is 5. The molecule has 0 amide bonds. The summed E-state index contributed by atoms with van der Waals surface area (Å²) in [6.07, 6.45) is 17.1. The number of nitrogens with one attached hydrogen (secondary N) is 3. The fourth-order valence-electron chi connectivity index (χ4n) is 4.27. The number of hydrogen-bond donors (Lipinski definition) is 3. The zero-order valence-corrected chi connectivity index (χ0v) is 23.1. The Morgan fingerprint density at radius 1 is 0.975 bits per heavy atom. The van der Waals surface area contributed by atoms with Gasteiger partial charge in [-0.15, -0.1) is 12.8 Å². The maximum Gasteiger partial charge on any atom is 0.178 e. The number of terminal acetylenes is 1. The molecule has 0 aliphatic heterocycles. The smallest absolute Gasteiger partial charge is 0.178 e. The van der Waals surface area contributed by atoms with Gasteiger partial charge in [0, 0.05) is 60.5 Å². The minimum Gasteiger partial charge on any atom is -0.386 e. The molecule has 0 unspecified atom stereocenters. The first-order chi connectivity index (χ1) is 19.2. The van der Waals surface area contributed by atoms with E-state index in [0.29, 0.717) is 23.6 Å². The average Bonchev–Trinajstić information content (AvgIpc) is 3.37. The Kier molecular flexibility index (Phi) is 8.25. The number of aromatic amines is 1. The van der Waals surface area contributed by atoms with E-state index in [9.17, 15) is 0 Å². The monoisotopic (exact) mass is 533 g/mol. The molecule has 8 heteroatoms. The van der Waals surface area contributed by atoms with Crippen LogP contribution in [0.4, 0.5) is 15.8 Å². The van der Waals surface area contributed by atoms with Crippen molar-refractivity contribution in [3.05, 3.63) is 96.9 Å². The zero-order chi connectivity index (χ0) is 28.9. The molecule has 0 fully saturated rings. The SMILES string of the molecule is C#C.C=C(Nc1cncc(-c2cc(F)c(NC)c(Cc3nc4nccc(-c5ccncc5)c4[nH]3)c2)c1)C(C)(C)C. The lowest BCUT2D eigenvalue weighted by Gasteiger charge is -2.23. The molecule has 0 aliphatic carbocycles. The first-order valence-corrected chi connectivity index (χ1v) is 12.7. The van der Waals surface area contributed by atoms with Crippen LogP contribution in [0, 0.1) is 24.1 Å². The lowest BCUT2D eigenvalue weighted by molar-refractivity contribution is 0.509. The minimum absolute atomic E-state index is 0.109. The molecule has 202 valence electrons. The molecule has 5 aromatic rings. The molecule has 0 spiro atoms. The summed E-state index contributed by atoms with van der Waals surface area (Å²) in [5.41, 5.74) is 7.72. The van der Waals surface area contributed by atoms with E-state index in [2.05, 4.69) is 70.8 Å². The minimum atomic E-state index is -0.343. The predicted octanol–water partition coefficient (Wildman–Crippen LogP) is 7.07. The quantitative estimate of drug-likeness (QED) is 0.194. The van der Waals surface area contributed by atoms with Gasteiger partial charge in [-0.1, -0.05) is 27.4 Å². The van der Waals surface area contributed by atoms with Crippen molar-refractivity contribution in [2.24, 2.45) is 5.41 Å². The van der Waals surface area contributed by atoms with Crippen LogP contribution in [0.5, 0.6) is 0 Å². The number of halogens is 1. The van der Waals surface area contributed by atoms with Gasteiger partial charge in [0.15, 0.2) is 5.65 Å². The number of anilines is 2. The summed E-state index contributed by atoms with van der Waals surface area (Å²) in [6, 6.07) is 11.3. The highest BCUT2D eigenvalue weighted by atomic mass is 19.1. The second-order valence-electron chi connectivity index (χ2n) is 10.2. The number of hydrogen-bond acceptors (Lipinski definition) is 6. The van der Waals surface area contributed by atoms with Crippen LogP contribution in [-0.2, 0) is 6.42 Å². The number of nitrogens with zero attached hydrogens (tertiary/aromatic N) is 4. The number of fused-ring (bicyclic) bond motifs is 1. The average molecular weight is 534 g/mol. The molecule has 0 radical (unpaired) electrons. The van der Waals surface area contributed by atoms with Crippen LogP contribution in [0.15, 0.2) is 79.7 Å². The van der Waals surface area contributed by atoms with Crippen LogP contribution in [-0.4, -0.2) is 32.0 Å². The summed E-state index contributed by atoms with van der Waals surface area (Å²) in [7, 11) is 1.72. The Bertz CT molecular complexity index is 1660. The standard InChI is InChI=1S/C30H30FN7.C2H2/c1-18(30(2,3)4)36-23-13-22(16-34-17-23)20-12-21(27(32-5)25(31)14-20)15-26-37-28-24(8-11-35-29(28)38-26)19-6-9-33-10-7-19;1-2/h6-14,16-17,32,36H,1,15H2,2-5H3,(H,35,37,38);1-2H. The van der Waals surface area contributed by atoms with Crippen LogP contribution in [0.3, 0.4) is 0 Å². The lowest BCUT2D eigenvalue weighted by Crippen LogP contribution is -2.15. The van der Waals surface area contributed by atoms with E-state index in [4.69, 9.17) is 4.98 Å². The Hall–Kier alpha value is -5.03. The van der Waals surface area contributed by atoms with Crippen molar-refractivity contribution in [3.63, 3.8) is 0 Å². The highest BCUT2D eigenvalue weighted by Gasteiger charge is 2.17. The van der Waals surface area contributed by atoms with Crippen molar-refractivity contribution in [2.45, 2.75) is 27.2 Å². The lowest BCUT2D eigenvalue weighted by atomic mass is 9.93. The molecule has 0 atom stereocenters. The number of allylic oxidation sites excluding steroid dienone is 1. The third kappa shape index (κ3) is 6.00. The Morgan fingerprint density at radius 2 is 1.73 bits per heavy atom. The molecular formula is C32H32FN7. The summed E-state index contributed by atoms with van der Waals surface area (Å²) in [4.78, 5) is 21.0. The summed E-state index contributed by atoms with van der Waals surface area (Å²) in [6.45, 7) is 10.4. The maximum absolute atomic E-state index is 15.3. The van der Waals surface area contributed by atoms with Gasteiger partial charge in [-0.2, -0.15) is 0 Å². The summed E-state index contributed by atoms with van der Waals surface area (Å²) in [5, 5.41) is 6.34. The first kappa shape index (κ1) is 28.0. The summed E-state index contributed by atoms with van der Waals surface area (Å²) in [5.74, 6) is 0.348. The van der Waals surface area contributed by atoms with E-state index < -0.39 is 0 Å². The third-order valence-electron chi connectivity index (χ3n) is 6.48. The van der Waals surface area contributed by atoms with Crippen molar-refractivity contribution in [1.29, 1.82) is 0 Å². The molecule has 0 aliphatic rings. The number of imidazole rings is 1. The van der Waals surface area contributed by atoms with Gasteiger partial charge in [0.05, 0.1) is 23.1 Å². The van der Waals surface area contributed by atoms with E-state index >= 15 is 4.39 Å². The van der Waals surface area contributed by atoms with Crippen LogP contribution in [0.1, 0.15) is 32.2 Å². The molecule has 40 heavy (non-hydrogen) atoms. The van der Waals surface area contributed by atoms with E-state index in [1.54, 1.807) is 38.0 Å². The molecule has 0 bridgehead atoms. The maximum atomic E-state index is 15.3. The number of H-pyrrole nitrogens is 1. The molecule has 0 saturated carbocycles. The van der Waals surface area contributed by atoms with Gasteiger partial charge >= 0.3 is 0 Å². The largest absolute Gasteiger partial charge is 0.386 e. The zero-order valence-electron chi connectivity index (χ0n) is 23.1. The van der Waals surface area contributed by atoms with Gasteiger partial charge in [-0.25, -0.2) is 14.4 Å². The fraction of sp³-hybridized carbons (Fsp3) is 0.188. The molecule has 0 saturated heterocycles. The number of pyridine rings is 3. The van der Waals surface area contributed by atoms with Gasteiger partial charge in [0.1, 0.15) is 11.6 Å². The predicted molar refractivity (Wildman–Crippen MR) is 161 cm³/mol. The van der Waals surface area contributed by atoms with Gasteiger partial charge < -0.3 is 15.6 Å². The number of benzene rings is 1. The van der Waals surface area contributed by atoms with Crippen molar-refractivity contribution < 1.29 is 4.39 Å². The molecule has 7 nitrogen and oxygen atoms in total. The molecule has 4 aromatic heterocycles. The summed E-state index contributed by atoms with van der Waals surface area (Å²) < 4.78 is 15.3. The Labute approximate surface area is 234 Å². The molecule has 3 N–H and O–H groups in total. The van der Waals surface area contributed by atoms with E-state index in [1.807, 2.05) is 30.3 Å². The van der Waals surface area contributed by atoms with Crippen LogP contribution >= 0.6 is 0 Å². The van der Waals surface area contributed by atoms with E-state index in [0.717, 1.165) is 44.7 Å². The topological polar surface area (TPSA) is 91.4 Å². The van der Waals surface area contributed by atoms with E-state index in [1.165, 1.54) is 6.07 Å². The number of rotatable bonds is 7. The molecule has 1 aromatic carbocycles. The van der Waals surface area contributed by atoms with Crippen molar-refractivity contribution in [3.8, 4) is 35.1 Å². The molecule has 5 rings (SSSR count). The Balaban J connectivity index is 0.00000181. The molecule has 4 heterocycles. The van der Waals surface area contributed by atoms with E-state index in [-0.39, 0.29) is 11.2 Å². The van der Waals surface area contributed by atoms with Crippen LogP contribution in [0.2, 0.25) is 0 Å². The highest BCUT2D eigenvalue weighted by Crippen LogP contribution is 2.32. The fourth-order valence-corrected chi connectivity index (χ4v) is 4.27. The van der Waals surface area contributed by atoms with Gasteiger partial charge in [0.2, 0.25) is 0 Å². The van der Waals surface area contributed by atoms with Crippen molar-refractivity contribution >= 4 is 22.5 Å². The highest BCUT2D eigenvalue weighted by molar-refractivity contribution is 5.89. The second-order valence-corrected chi connectivity index (χ2v) is 10.2. The molecular weight excluding hydrogens is 501 g/mol. The van der Waals surface area contributed by atoms with Crippen molar-refractivity contribution in [1.82, 2.24) is 24.9 Å². The van der Waals surface area contributed by atoms with Gasteiger partial charge in [-0.05, 0) is 53.1 Å². The first-order valence-electron chi connectivity index (χ1n) is 12.7. The Morgan fingerprint density at radius 3 is 2.42 bits per heavy atom. The second kappa shape index (κ2) is 11.8.